The van der Waals surface area contributed by atoms with Crippen molar-refractivity contribution in [2.24, 2.45) is 11.0 Å². The molecule has 4 rings (SSSR count). The summed E-state index contributed by atoms with van der Waals surface area (Å²) >= 11 is 0. The van der Waals surface area contributed by atoms with Crippen molar-refractivity contribution in [1.82, 2.24) is 5.01 Å². The first-order chi connectivity index (χ1) is 18.9. The topological polar surface area (TPSA) is 97.3 Å². The van der Waals surface area contributed by atoms with Crippen LogP contribution in [0, 0.1) is 5.92 Å². The van der Waals surface area contributed by atoms with Crippen LogP contribution in [0.4, 0.5) is 5.69 Å². The molecule has 1 atom stereocenters. The van der Waals surface area contributed by atoms with Gasteiger partial charge in [-0.1, -0.05) is 74.5 Å². The van der Waals surface area contributed by atoms with Crippen molar-refractivity contribution < 1.29 is 23.9 Å². The lowest BCUT2D eigenvalue weighted by Gasteiger charge is -2.24. The Kier molecular flexibility index (Phi) is 8.89. The molecule has 2 amide bonds. The van der Waals surface area contributed by atoms with Gasteiger partial charge in [0, 0.05) is 17.3 Å². The van der Waals surface area contributed by atoms with Crippen molar-refractivity contribution in [2.75, 3.05) is 19.0 Å². The van der Waals surface area contributed by atoms with E-state index in [-0.39, 0.29) is 30.9 Å². The summed E-state index contributed by atoms with van der Waals surface area (Å²) in [5, 5.41) is 8.83. The Morgan fingerprint density at radius 1 is 1.03 bits per heavy atom. The van der Waals surface area contributed by atoms with Gasteiger partial charge in [0.2, 0.25) is 11.8 Å². The highest BCUT2D eigenvalue weighted by Crippen LogP contribution is 2.28. The molecule has 1 N–H and O–H groups in total. The van der Waals surface area contributed by atoms with E-state index in [1.54, 1.807) is 12.1 Å². The van der Waals surface area contributed by atoms with E-state index in [0.717, 1.165) is 16.7 Å². The summed E-state index contributed by atoms with van der Waals surface area (Å²) in [6, 6.07) is 24.3. The SMILES string of the molecule is COC(=O)/C=C/c1ccccc1NC(=O)C(c1ccc(CN2N=C(c3ccccc3)OCC2=O)cc1)C(C)C. The van der Waals surface area contributed by atoms with Crippen molar-refractivity contribution in [3.05, 3.63) is 107 Å². The maximum Gasteiger partial charge on any atom is 0.330 e. The number of para-hydroxylation sites is 1. The Hall–Kier alpha value is -4.72. The molecule has 0 aliphatic carbocycles. The first kappa shape index (κ1) is 27.3. The second-order valence-electron chi connectivity index (χ2n) is 9.41. The number of hydrogen-bond donors (Lipinski definition) is 1. The van der Waals surface area contributed by atoms with Gasteiger partial charge in [0.1, 0.15) is 0 Å². The van der Waals surface area contributed by atoms with Crippen LogP contribution in [0.25, 0.3) is 6.08 Å². The van der Waals surface area contributed by atoms with E-state index in [4.69, 9.17) is 4.74 Å². The summed E-state index contributed by atoms with van der Waals surface area (Å²) < 4.78 is 10.2. The number of rotatable bonds is 9. The predicted octanol–water partition coefficient (Wildman–Crippen LogP) is 4.97. The standard InChI is InChI=1S/C31H31N3O5/c1-21(2)29(30(37)32-26-12-8-7-9-23(26)17-18-28(36)38-3)24-15-13-22(14-16-24)19-34-27(35)20-39-31(33-34)25-10-5-4-6-11-25/h4-18,21,29H,19-20H2,1-3H3,(H,32,37)/b18-17+. The fourth-order valence-corrected chi connectivity index (χ4v) is 4.28. The second kappa shape index (κ2) is 12.7. The lowest BCUT2D eigenvalue weighted by molar-refractivity contribution is -0.136. The third kappa shape index (κ3) is 6.98. The van der Waals surface area contributed by atoms with E-state index in [1.807, 2.05) is 86.6 Å². The molecule has 1 heterocycles. The van der Waals surface area contributed by atoms with Crippen molar-refractivity contribution in [3.8, 4) is 0 Å². The highest BCUT2D eigenvalue weighted by molar-refractivity contribution is 5.99. The number of methoxy groups -OCH3 is 1. The fourth-order valence-electron chi connectivity index (χ4n) is 4.28. The summed E-state index contributed by atoms with van der Waals surface area (Å²) in [7, 11) is 1.31. The number of esters is 1. The minimum absolute atomic E-state index is 0.0208. The maximum atomic E-state index is 13.4. The van der Waals surface area contributed by atoms with E-state index in [0.29, 0.717) is 17.1 Å². The monoisotopic (exact) mass is 525 g/mol. The average molecular weight is 526 g/mol. The van der Waals surface area contributed by atoms with Gasteiger partial charge >= 0.3 is 5.97 Å². The van der Waals surface area contributed by atoms with Crippen LogP contribution in [-0.2, 0) is 30.4 Å². The molecule has 1 aliphatic heterocycles. The number of hydrazone groups is 1. The lowest BCUT2D eigenvalue weighted by Crippen LogP contribution is -2.36. The number of ether oxygens (including phenoxy) is 2. The van der Waals surface area contributed by atoms with Crippen LogP contribution in [-0.4, -0.2) is 42.4 Å². The zero-order valence-electron chi connectivity index (χ0n) is 22.2. The largest absolute Gasteiger partial charge is 0.466 e. The molecule has 8 heteroatoms. The van der Waals surface area contributed by atoms with Crippen molar-refractivity contribution in [3.63, 3.8) is 0 Å². The Balaban J connectivity index is 1.49. The van der Waals surface area contributed by atoms with Gasteiger partial charge < -0.3 is 14.8 Å². The van der Waals surface area contributed by atoms with Crippen molar-refractivity contribution in [2.45, 2.75) is 26.3 Å². The quantitative estimate of drug-likeness (QED) is 0.314. The Morgan fingerprint density at radius 2 is 1.72 bits per heavy atom. The normalized spacial score (nSPS) is 14.1. The number of nitrogens with one attached hydrogen (secondary N) is 1. The van der Waals surface area contributed by atoms with Gasteiger partial charge in [0.05, 0.1) is 19.6 Å². The second-order valence-corrected chi connectivity index (χ2v) is 9.41. The molecule has 0 bridgehead atoms. The zero-order chi connectivity index (χ0) is 27.8. The summed E-state index contributed by atoms with van der Waals surface area (Å²) in [6.45, 7) is 4.20. The molecule has 0 saturated carbocycles. The molecule has 8 nitrogen and oxygen atoms in total. The first-order valence-corrected chi connectivity index (χ1v) is 12.7. The number of hydrogen-bond acceptors (Lipinski definition) is 6. The number of amides is 2. The minimum Gasteiger partial charge on any atom is -0.466 e. The molecule has 0 fully saturated rings. The summed E-state index contributed by atoms with van der Waals surface area (Å²) in [5.74, 6) is -0.839. The summed E-state index contributed by atoms with van der Waals surface area (Å²) in [4.78, 5) is 37.4. The average Bonchev–Trinajstić information content (AvgIpc) is 2.95. The number of benzene rings is 3. The fraction of sp³-hybridized carbons (Fsp3) is 0.226. The van der Waals surface area contributed by atoms with Crippen molar-refractivity contribution in [1.29, 1.82) is 0 Å². The third-order valence-electron chi connectivity index (χ3n) is 6.29. The zero-order valence-corrected chi connectivity index (χ0v) is 22.2. The van der Waals surface area contributed by atoms with Gasteiger partial charge in [0.15, 0.2) is 6.61 Å². The van der Waals surface area contributed by atoms with Crippen LogP contribution >= 0.6 is 0 Å². The van der Waals surface area contributed by atoms with Crippen LogP contribution < -0.4 is 5.32 Å². The lowest BCUT2D eigenvalue weighted by atomic mass is 9.87. The van der Waals surface area contributed by atoms with E-state index in [1.165, 1.54) is 18.2 Å². The molecule has 1 aliphatic rings. The molecule has 0 radical (unpaired) electrons. The Morgan fingerprint density at radius 3 is 2.41 bits per heavy atom. The number of nitrogens with zero attached hydrogens (tertiary/aromatic N) is 2. The summed E-state index contributed by atoms with van der Waals surface area (Å²) in [5.41, 5.74) is 3.84. The molecule has 3 aromatic carbocycles. The van der Waals surface area contributed by atoms with Gasteiger partial charge in [-0.25, -0.2) is 9.80 Å². The van der Waals surface area contributed by atoms with E-state index < -0.39 is 11.9 Å². The molecule has 3 aromatic rings. The van der Waals surface area contributed by atoms with Gasteiger partial charge in [-0.3, -0.25) is 9.59 Å². The van der Waals surface area contributed by atoms with E-state index in [9.17, 15) is 14.4 Å². The van der Waals surface area contributed by atoms with E-state index >= 15 is 0 Å². The maximum absolute atomic E-state index is 13.4. The first-order valence-electron chi connectivity index (χ1n) is 12.7. The predicted molar refractivity (Wildman–Crippen MR) is 150 cm³/mol. The highest BCUT2D eigenvalue weighted by atomic mass is 16.5. The van der Waals surface area contributed by atoms with Crippen LogP contribution in [0.5, 0.6) is 0 Å². The number of carbonyl (C=O) groups excluding carboxylic acids is 3. The molecule has 0 aromatic heterocycles. The van der Waals surface area contributed by atoms with E-state index in [2.05, 4.69) is 15.2 Å². The van der Waals surface area contributed by atoms with Crippen molar-refractivity contribution >= 4 is 35.4 Å². The Bertz CT molecular complexity index is 1380. The number of carbonyl (C=O) groups is 3. The third-order valence-corrected chi connectivity index (χ3v) is 6.29. The van der Waals surface area contributed by atoms with Crippen LogP contribution in [0.15, 0.2) is 90.0 Å². The van der Waals surface area contributed by atoms with Crippen LogP contribution in [0.2, 0.25) is 0 Å². The molecule has 0 spiro atoms. The molecule has 0 saturated heterocycles. The highest BCUT2D eigenvalue weighted by Gasteiger charge is 2.26. The summed E-state index contributed by atoms with van der Waals surface area (Å²) in [6.07, 6.45) is 2.93. The van der Waals surface area contributed by atoms with Gasteiger partial charge in [-0.15, -0.1) is 5.10 Å². The van der Waals surface area contributed by atoms with Crippen LogP contribution in [0.1, 0.15) is 42.0 Å². The minimum atomic E-state index is -0.475. The Labute approximate surface area is 227 Å². The molecular weight excluding hydrogens is 494 g/mol. The number of anilines is 1. The van der Waals surface area contributed by atoms with Gasteiger partial charge in [0.25, 0.3) is 5.91 Å². The molecule has 200 valence electrons. The molecule has 39 heavy (non-hydrogen) atoms. The van der Waals surface area contributed by atoms with Gasteiger partial charge in [-0.05, 0) is 46.9 Å². The molecule has 1 unspecified atom stereocenters. The smallest absolute Gasteiger partial charge is 0.330 e. The van der Waals surface area contributed by atoms with Crippen LogP contribution in [0.3, 0.4) is 0 Å². The molecular formula is C31H31N3O5. The van der Waals surface area contributed by atoms with Gasteiger partial charge in [-0.2, -0.15) is 0 Å².